The molecule has 3 heteroatoms. The number of hydrogen-bond donors (Lipinski definition) is 0. The van der Waals surface area contributed by atoms with Gasteiger partial charge in [-0.1, -0.05) is 34.6 Å². The number of carbonyl (C=O) groups is 2. The molecule has 1 aliphatic rings. The first-order chi connectivity index (χ1) is 6.86. The van der Waals surface area contributed by atoms with Crippen LogP contribution in [0.5, 0.6) is 0 Å². The molecule has 1 heterocycles. The van der Waals surface area contributed by atoms with Gasteiger partial charge in [0.05, 0.1) is 0 Å². The molecule has 1 saturated heterocycles. The van der Waals surface area contributed by atoms with Gasteiger partial charge >= 0.3 is 5.97 Å². The van der Waals surface area contributed by atoms with E-state index in [0.717, 1.165) is 0 Å². The van der Waals surface area contributed by atoms with Gasteiger partial charge in [0.15, 0.2) is 11.4 Å². The summed E-state index contributed by atoms with van der Waals surface area (Å²) >= 11 is 0. The van der Waals surface area contributed by atoms with Gasteiger partial charge in [-0.25, -0.2) is 0 Å². The average Bonchev–Trinajstić information content (AvgIpc) is 2.38. The predicted octanol–water partition coefficient (Wildman–Crippen LogP) is 2.19. The Morgan fingerprint density at radius 1 is 1.27 bits per heavy atom. The SMILES string of the molecule is CCC1(C(C)C)OC(=O)C(C(C)C)C1=O. The zero-order chi connectivity index (χ0) is 11.8. The highest BCUT2D eigenvalue weighted by atomic mass is 16.6. The number of hydrogen-bond acceptors (Lipinski definition) is 3. The van der Waals surface area contributed by atoms with E-state index in [1.54, 1.807) is 0 Å². The average molecular weight is 212 g/mol. The van der Waals surface area contributed by atoms with Gasteiger partial charge in [-0.15, -0.1) is 0 Å². The third-order valence-electron chi connectivity index (χ3n) is 3.36. The fourth-order valence-corrected chi connectivity index (χ4v) is 2.30. The third kappa shape index (κ3) is 1.68. The van der Waals surface area contributed by atoms with Crippen LogP contribution in [0.4, 0.5) is 0 Å². The summed E-state index contributed by atoms with van der Waals surface area (Å²) in [6, 6.07) is 0. The molecule has 0 amide bonds. The van der Waals surface area contributed by atoms with E-state index in [1.807, 2.05) is 34.6 Å². The maximum absolute atomic E-state index is 12.2. The Labute approximate surface area is 91.2 Å². The molecule has 3 nitrogen and oxygen atoms in total. The highest BCUT2D eigenvalue weighted by molar-refractivity contribution is 6.09. The van der Waals surface area contributed by atoms with Crippen molar-refractivity contribution in [3.05, 3.63) is 0 Å². The van der Waals surface area contributed by atoms with Gasteiger partial charge in [-0.05, 0) is 12.3 Å². The number of Topliss-reactive ketones (excluding diaryl/α,β-unsaturated/α-hetero) is 1. The van der Waals surface area contributed by atoms with E-state index in [0.29, 0.717) is 6.42 Å². The standard InChI is InChI=1S/C12H20O3/c1-6-12(8(4)5)10(13)9(7(2)3)11(14)15-12/h7-9H,6H2,1-5H3. The molecule has 0 saturated carbocycles. The number of ether oxygens (including phenoxy) is 1. The van der Waals surface area contributed by atoms with Crippen molar-refractivity contribution in [3.63, 3.8) is 0 Å². The summed E-state index contributed by atoms with van der Waals surface area (Å²) in [5.74, 6) is -0.863. The first kappa shape index (κ1) is 12.2. The summed E-state index contributed by atoms with van der Waals surface area (Å²) in [5, 5.41) is 0. The van der Waals surface area contributed by atoms with E-state index in [2.05, 4.69) is 0 Å². The molecule has 0 radical (unpaired) electrons. The summed E-state index contributed by atoms with van der Waals surface area (Å²) in [5.41, 5.74) is -0.869. The molecule has 0 N–H and O–H groups in total. The largest absolute Gasteiger partial charge is 0.450 e. The van der Waals surface area contributed by atoms with Crippen LogP contribution in [0.2, 0.25) is 0 Å². The molecule has 0 spiro atoms. The van der Waals surface area contributed by atoms with Crippen molar-refractivity contribution in [2.24, 2.45) is 17.8 Å². The zero-order valence-electron chi connectivity index (χ0n) is 10.2. The number of ketones is 1. The van der Waals surface area contributed by atoms with Crippen molar-refractivity contribution in [2.75, 3.05) is 0 Å². The van der Waals surface area contributed by atoms with Gasteiger partial charge in [0.25, 0.3) is 0 Å². The van der Waals surface area contributed by atoms with Crippen LogP contribution < -0.4 is 0 Å². The van der Waals surface area contributed by atoms with Crippen LogP contribution in [-0.2, 0) is 14.3 Å². The molecule has 2 unspecified atom stereocenters. The van der Waals surface area contributed by atoms with Gasteiger partial charge in [-0.2, -0.15) is 0 Å². The first-order valence-electron chi connectivity index (χ1n) is 5.64. The monoisotopic (exact) mass is 212 g/mol. The topological polar surface area (TPSA) is 43.4 Å². The highest BCUT2D eigenvalue weighted by Gasteiger charge is 2.56. The molecule has 1 fully saturated rings. The molecule has 15 heavy (non-hydrogen) atoms. The van der Waals surface area contributed by atoms with Crippen LogP contribution >= 0.6 is 0 Å². The predicted molar refractivity (Wildman–Crippen MR) is 57.3 cm³/mol. The Balaban J connectivity index is 3.08. The Hall–Kier alpha value is -0.860. The molecule has 86 valence electrons. The normalized spacial score (nSPS) is 31.5. The van der Waals surface area contributed by atoms with E-state index < -0.39 is 11.5 Å². The fourth-order valence-electron chi connectivity index (χ4n) is 2.30. The number of rotatable bonds is 3. The lowest BCUT2D eigenvalue weighted by atomic mass is 9.78. The van der Waals surface area contributed by atoms with Crippen molar-refractivity contribution >= 4 is 11.8 Å². The molecule has 0 aromatic heterocycles. The van der Waals surface area contributed by atoms with Crippen molar-refractivity contribution in [1.82, 2.24) is 0 Å². The summed E-state index contributed by atoms with van der Waals surface area (Å²) < 4.78 is 5.36. The zero-order valence-corrected chi connectivity index (χ0v) is 10.2. The molecule has 0 bridgehead atoms. The van der Waals surface area contributed by atoms with Crippen molar-refractivity contribution in [1.29, 1.82) is 0 Å². The van der Waals surface area contributed by atoms with Crippen LogP contribution in [0.25, 0.3) is 0 Å². The molecule has 0 aromatic rings. The van der Waals surface area contributed by atoms with Crippen LogP contribution in [0.1, 0.15) is 41.0 Å². The summed E-state index contributed by atoms with van der Waals surface area (Å²) in [6.45, 7) is 9.52. The van der Waals surface area contributed by atoms with Crippen LogP contribution in [0, 0.1) is 17.8 Å². The third-order valence-corrected chi connectivity index (χ3v) is 3.36. The highest BCUT2D eigenvalue weighted by Crippen LogP contribution is 2.39. The Kier molecular flexibility index (Phi) is 3.22. The van der Waals surface area contributed by atoms with Crippen molar-refractivity contribution < 1.29 is 14.3 Å². The van der Waals surface area contributed by atoms with Gasteiger partial charge in [0.1, 0.15) is 5.92 Å². The first-order valence-corrected chi connectivity index (χ1v) is 5.64. The Morgan fingerprint density at radius 3 is 2.00 bits per heavy atom. The lowest BCUT2D eigenvalue weighted by Gasteiger charge is -2.28. The van der Waals surface area contributed by atoms with Crippen LogP contribution in [0.15, 0.2) is 0 Å². The molecule has 0 aliphatic carbocycles. The van der Waals surface area contributed by atoms with E-state index in [4.69, 9.17) is 4.74 Å². The minimum absolute atomic E-state index is 0.0252. The minimum atomic E-state index is -0.869. The summed E-state index contributed by atoms with van der Waals surface area (Å²) in [4.78, 5) is 23.9. The van der Waals surface area contributed by atoms with Crippen LogP contribution in [-0.4, -0.2) is 17.4 Å². The maximum atomic E-state index is 12.2. The summed E-state index contributed by atoms with van der Waals surface area (Å²) in [7, 11) is 0. The number of carbonyl (C=O) groups excluding carboxylic acids is 2. The van der Waals surface area contributed by atoms with E-state index >= 15 is 0 Å². The molecule has 1 rings (SSSR count). The van der Waals surface area contributed by atoms with Crippen LogP contribution in [0.3, 0.4) is 0 Å². The second kappa shape index (κ2) is 3.95. The fraction of sp³-hybridized carbons (Fsp3) is 0.833. The molecular formula is C12H20O3. The van der Waals surface area contributed by atoms with Gasteiger partial charge in [0.2, 0.25) is 0 Å². The molecule has 1 aliphatic heterocycles. The van der Waals surface area contributed by atoms with Crippen molar-refractivity contribution in [3.8, 4) is 0 Å². The maximum Gasteiger partial charge on any atom is 0.317 e. The quantitative estimate of drug-likeness (QED) is 0.532. The second-order valence-electron chi connectivity index (χ2n) is 4.90. The Bertz CT molecular complexity index is 281. The second-order valence-corrected chi connectivity index (χ2v) is 4.90. The van der Waals surface area contributed by atoms with Crippen molar-refractivity contribution in [2.45, 2.75) is 46.6 Å². The number of cyclic esters (lactones) is 1. The van der Waals surface area contributed by atoms with E-state index in [1.165, 1.54) is 0 Å². The summed E-state index contributed by atoms with van der Waals surface area (Å²) in [6.07, 6.45) is 0.568. The lowest BCUT2D eigenvalue weighted by molar-refractivity contribution is -0.157. The number of esters is 1. The minimum Gasteiger partial charge on any atom is -0.450 e. The molecule has 0 aromatic carbocycles. The van der Waals surface area contributed by atoms with E-state index in [9.17, 15) is 9.59 Å². The van der Waals surface area contributed by atoms with Gasteiger partial charge in [0, 0.05) is 5.92 Å². The molecular weight excluding hydrogens is 192 g/mol. The van der Waals surface area contributed by atoms with E-state index in [-0.39, 0.29) is 23.6 Å². The smallest absolute Gasteiger partial charge is 0.317 e. The van der Waals surface area contributed by atoms with Gasteiger partial charge < -0.3 is 4.74 Å². The Morgan fingerprint density at radius 2 is 1.80 bits per heavy atom. The lowest BCUT2D eigenvalue weighted by Crippen LogP contribution is -2.42. The van der Waals surface area contributed by atoms with Gasteiger partial charge in [-0.3, -0.25) is 9.59 Å². The molecule has 2 atom stereocenters.